The van der Waals surface area contributed by atoms with E-state index >= 15 is 0 Å². The molecule has 1 atom stereocenters. The Balaban J connectivity index is 2.66. The van der Waals surface area contributed by atoms with Gasteiger partial charge >= 0.3 is 0 Å². The third kappa shape index (κ3) is 1.13. The lowest BCUT2D eigenvalue weighted by Crippen LogP contribution is -1.95. The van der Waals surface area contributed by atoms with E-state index in [1.54, 1.807) is 29.0 Å². The van der Waals surface area contributed by atoms with E-state index in [1.165, 1.54) is 6.33 Å². The van der Waals surface area contributed by atoms with Gasteiger partial charge in [-0.3, -0.25) is 0 Å². The molecule has 2 aromatic heterocycles. The number of hydrogen-bond acceptors (Lipinski definition) is 4. The molecule has 0 amide bonds. The molecule has 2 aromatic rings. The Kier molecular flexibility index (Phi) is 1.69. The van der Waals surface area contributed by atoms with Crippen LogP contribution < -0.4 is 0 Å². The summed E-state index contributed by atoms with van der Waals surface area (Å²) in [6.45, 7) is 0. The Morgan fingerprint density at radius 3 is 3.23 bits per heavy atom. The lowest BCUT2D eigenvalue weighted by molar-refractivity contribution is 0.237. The minimum atomic E-state index is -1.11. The zero-order valence-corrected chi connectivity index (χ0v) is 6.62. The molecule has 5 heteroatoms. The molecule has 0 spiro atoms. The highest BCUT2D eigenvalue weighted by molar-refractivity contribution is 5.55. The minimum absolute atomic E-state index is 0.531. The van der Waals surface area contributed by atoms with Crippen LogP contribution in [0.15, 0.2) is 24.8 Å². The first-order valence-corrected chi connectivity index (χ1v) is 3.68. The Hall–Kier alpha value is -1.93. The molecule has 0 aliphatic rings. The Morgan fingerprint density at radius 2 is 2.46 bits per heavy atom. The van der Waals surface area contributed by atoms with E-state index in [-0.39, 0.29) is 0 Å². The van der Waals surface area contributed by atoms with Crippen molar-refractivity contribution >= 4 is 5.52 Å². The van der Waals surface area contributed by atoms with Crippen LogP contribution in [-0.2, 0) is 0 Å². The first kappa shape index (κ1) is 7.71. The third-order valence-corrected chi connectivity index (χ3v) is 1.79. The van der Waals surface area contributed by atoms with Gasteiger partial charge in [0.25, 0.3) is 0 Å². The van der Waals surface area contributed by atoms with Gasteiger partial charge in [0, 0.05) is 11.8 Å². The van der Waals surface area contributed by atoms with Crippen LogP contribution in [0.4, 0.5) is 0 Å². The molecule has 5 nitrogen and oxygen atoms in total. The molecule has 0 fully saturated rings. The van der Waals surface area contributed by atoms with Crippen molar-refractivity contribution in [1.29, 1.82) is 5.26 Å². The van der Waals surface area contributed by atoms with Crippen molar-refractivity contribution in [1.82, 2.24) is 14.6 Å². The number of aliphatic hydroxyl groups excluding tert-OH is 1. The maximum absolute atomic E-state index is 9.29. The average molecular weight is 174 g/mol. The number of hydrogen-bond donors (Lipinski definition) is 1. The summed E-state index contributed by atoms with van der Waals surface area (Å²) >= 11 is 0. The highest BCUT2D eigenvalue weighted by Crippen LogP contribution is 2.17. The van der Waals surface area contributed by atoms with Crippen molar-refractivity contribution in [2.75, 3.05) is 0 Å². The molecular weight excluding hydrogens is 168 g/mol. The molecule has 0 bridgehead atoms. The molecule has 2 heterocycles. The highest BCUT2D eigenvalue weighted by Gasteiger charge is 2.11. The second-order valence-corrected chi connectivity index (χ2v) is 2.54. The van der Waals surface area contributed by atoms with E-state index in [2.05, 4.69) is 10.1 Å². The second-order valence-electron chi connectivity index (χ2n) is 2.54. The maximum atomic E-state index is 9.29. The molecule has 13 heavy (non-hydrogen) atoms. The SMILES string of the molecule is N#CC(O)c1ccn2ncncc12. The summed E-state index contributed by atoms with van der Waals surface area (Å²) in [5.41, 5.74) is 1.18. The lowest BCUT2D eigenvalue weighted by Gasteiger charge is -1.98. The fraction of sp³-hybridized carbons (Fsp3) is 0.125. The number of nitrogens with zero attached hydrogens (tertiary/aromatic N) is 4. The summed E-state index contributed by atoms with van der Waals surface area (Å²) in [4.78, 5) is 3.81. The van der Waals surface area contributed by atoms with Crippen molar-refractivity contribution in [3.05, 3.63) is 30.4 Å². The molecule has 0 aromatic carbocycles. The molecule has 1 unspecified atom stereocenters. The van der Waals surface area contributed by atoms with Crippen LogP contribution in [0, 0.1) is 11.3 Å². The predicted molar refractivity (Wildman–Crippen MR) is 43.6 cm³/mol. The summed E-state index contributed by atoms with van der Waals surface area (Å²) in [5.74, 6) is 0. The normalized spacial score (nSPS) is 12.6. The van der Waals surface area contributed by atoms with Crippen molar-refractivity contribution in [2.45, 2.75) is 6.10 Å². The Labute approximate surface area is 73.9 Å². The van der Waals surface area contributed by atoms with Gasteiger partial charge in [0.15, 0.2) is 6.10 Å². The van der Waals surface area contributed by atoms with Crippen LogP contribution in [0.1, 0.15) is 11.7 Å². The Bertz CT molecular complexity index is 470. The smallest absolute Gasteiger partial charge is 0.168 e. The van der Waals surface area contributed by atoms with E-state index in [1.807, 2.05) is 0 Å². The van der Waals surface area contributed by atoms with Gasteiger partial charge in [-0.1, -0.05) is 0 Å². The van der Waals surface area contributed by atoms with E-state index < -0.39 is 6.10 Å². The summed E-state index contributed by atoms with van der Waals surface area (Å²) in [7, 11) is 0. The first-order chi connectivity index (χ1) is 6.33. The molecule has 0 saturated carbocycles. The largest absolute Gasteiger partial charge is 0.374 e. The van der Waals surface area contributed by atoms with Crippen LogP contribution in [-0.4, -0.2) is 19.7 Å². The second kappa shape index (κ2) is 2.84. The molecule has 0 aliphatic heterocycles. The van der Waals surface area contributed by atoms with Crippen molar-refractivity contribution in [2.24, 2.45) is 0 Å². The van der Waals surface area contributed by atoms with Crippen molar-refractivity contribution in [3.8, 4) is 6.07 Å². The van der Waals surface area contributed by atoms with Gasteiger partial charge in [-0.2, -0.15) is 10.4 Å². The highest BCUT2D eigenvalue weighted by atomic mass is 16.3. The van der Waals surface area contributed by atoms with Gasteiger partial charge in [0.2, 0.25) is 0 Å². The topological polar surface area (TPSA) is 74.2 Å². The van der Waals surface area contributed by atoms with Crippen LogP contribution in [0.25, 0.3) is 5.52 Å². The lowest BCUT2D eigenvalue weighted by atomic mass is 10.2. The van der Waals surface area contributed by atoms with E-state index in [9.17, 15) is 5.11 Å². The van der Waals surface area contributed by atoms with Gasteiger partial charge in [0.05, 0.1) is 17.8 Å². The predicted octanol–water partition coefficient (Wildman–Crippen LogP) is 0.286. The maximum Gasteiger partial charge on any atom is 0.168 e. The van der Waals surface area contributed by atoms with Crippen molar-refractivity contribution in [3.63, 3.8) is 0 Å². The molecule has 2 rings (SSSR count). The zero-order valence-electron chi connectivity index (χ0n) is 6.62. The van der Waals surface area contributed by atoms with E-state index in [0.29, 0.717) is 11.1 Å². The van der Waals surface area contributed by atoms with Crippen LogP contribution >= 0.6 is 0 Å². The van der Waals surface area contributed by atoms with Gasteiger partial charge < -0.3 is 5.11 Å². The third-order valence-electron chi connectivity index (χ3n) is 1.79. The Morgan fingerprint density at radius 1 is 1.62 bits per heavy atom. The summed E-state index contributed by atoms with van der Waals surface area (Å²) in [5, 5.41) is 21.7. The summed E-state index contributed by atoms with van der Waals surface area (Å²) in [6, 6.07) is 3.40. The molecule has 1 N–H and O–H groups in total. The average Bonchev–Trinajstić information content (AvgIpc) is 2.60. The van der Waals surface area contributed by atoms with Gasteiger partial charge in [-0.05, 0) is 6.07 Å². The standard InChI is InChI=1S/C8H6N4O/c9-3-8(13)6-1-2-12-7(6)4-10-5-11-12/h1-2,4-5,8,13H. The minimum Gasteiger partial charge on any atom is -0.374 e. The number of aliphatic hydroxyl groups is 1. The van der Waals surface area contributed by atoms with Gasteiger partial charge in [0.1, 0.15) is 6.33 Å². The number of nitriles is 1. The molecule has 64 valence electrons. The molecular formula is C8H6N4O. The van der Waals surface area contributed by atoms with Crippen LogP contribution in [0.3, 0.4) is 0 Å². The fourth-order valence-corrected chi connectivity index (χ4v) is 1.17. The summed E-state index contributed by atoms with van der Waals surface area (Å²) in [6.07, 6.45) is 3.52. The quantitative estimate of drug-likeness (QED) is 0.630. The zero-order chi connectivity index (χ0) is 9.26. The number of fused-ring (bicyclic) bond motifs is 1. The number of rotatable bonds is 1. The first-order valence-electron chi connectivity index (χ1n) is 3.68. The van der Waals surface area contributed by atoms with Crippen molar-refractivity contribution < 1.29 is 5.11 Å². The summed E-state index contributed by atoms with van der Waals surface area (Å²) < 4.78 is 1.56. The van der Waals surface area contributed by atoms with Gasteiger partial charge in [-0.25, -0.2) is 9.50 Å². The van der Waals surface area contributed by atoms with Gasteiger partial charge in [-0.15, -0.1) is 0 Å². The van der Waals surface area contributed by atoms with Crippen LogP contribution in [0.5, 0.6) is 0 Å². The monoisotopic (exact) mass is 174 g/mol. The van der Waals surface area contributed by atoms with Crippen LogP contribution in [0.2, 0.25) is 0 Å². The molecule has 0 radical (unpaired) electrons. The van der Waals surface area contributed by atoms with E-state index in [4.69, 9.17) is 5.26 Å². The fourth-order valence-electron chi connectivity index (χ4n) is 1.17. The number of aromatic nitrogens is 3. The molecule has 0 aliphatic carbocycles. The molecule has 0 saturated heterocycles. The van der Waals surface area contributed by atoms with E-state index in [0.717, 1.165) is 0 Å².